The molecule has 1 aliphatic rings. The average molecular weight is 277 g/mol. The number of thiophene rings is 1. The lowest BCUT2D eigenvalue weighted by atomic mass is 10.0. The number of aromatic nitrogens is 2. The summed E-state index contributed by atoms with van der Waals surface area (Å²) >= 11 is 1.77. The van der Waals surface area contributed by atoms with Gasteiger partial charge in [-0.05, 0) is 38.2 Å². The molecule has 0 saturated heterocycles. The third-order valence-corrected chi connectivity index (χ3v) is 5.38. The van der Waals surface area contributed by atoms with Gasteiger partial charge in [0.25, 0.3) is 0 Å². The minimum absolute atomic E-state index is 0.462. The molecule has 1 aliphatic carbocycles. The Morgan fingerprint density at radius 3 is 2.84 bits per heavy atom. The molecule has 2 aromatic heterocycles. The summed E-state index contributed by atoms with van der Waals surface area (Å²) in [5.41, 5.74) is 7.09. The zero-order valence-electron chi connectivity index (χ0n) is 11.6. The highest BCUT2D eigenvalue weighted by atomic mass is 32.1. The van der Waals surface area contributed by atoms with E-state index in [1.165, 1.54) is 16.9 Å². The van der Waals surface area contributed by atoms with E-state index in [9.17, 15) is 0 Å². The van der Waals surface area contributed by atoms with Crippen LogP contribution < -0.4 is 5.73 Å². The molecular formula is C14H19N3OS. The van der Waals surface area contributed by atoms with Crippen LogP contribution in [0.5, 0.6) is 0 Å². The quantitative estimate of drug-likeness (QED) is 0.936. The fourth-order valence-electron chi connectivity index (χ4n) is 2.65. The first-order valence-electron chi connectivity index (χ1n) is 6.72. The topological polar surface area (TPSA) is 61.0 Å². The molecule has 4 nitrogen and oxygen atoms in total. The van der Waals surface area contributed by atoms with Crippen LogP contribution in [0.1, 0.15) is 43.0 Å². The summed E-state index contributed by atoms with van der Waals surface area (Å²) in [5.74, 6) is 1.30. The van der Waals surface area contributed by atoms with E-state index in [1.54, 1.807) is 18.4 Å². The van der Waals surface area contributed by atoms with Crippen molar-refractivity contribution >= 4 is 27.4 Å². The molecule has 0 spiro atoms. The van der Waals surface area contributed by atoms with Gasteiger partial charge in [-0.15, -0.1) is 11.3 Å². The molecule has 3 rings (SSSR count). The number of rotatable bonds is 3. The van der Waals surface area contributed by atoms with Gasteiger partial charge in [0.2, 0.25) is 0 Å². The number of methoxy groups -OCH3 is 1. The van der Waals surface area contributed by atoms with E-state index >= 15 is 0 Å². The zero-order chi connectivity index (χ0) is 13.6. The summed E-state index contributed by atoms with van der Waals surface area (Å²) in [5, 5.41) is 1.08. The molecule has 5 heteroatoms. The van der Waals surface area contributed by atoms with Gasteiger partial charge in [0, 0.05) is 12.0 Å². The Hall–Kier alpha value is -1.20. The van der Waals surface area contributed by atoms with Crippen LogP contribution in [0.15, 0.2) is 0 Å². The maximum Gasteiger partial charge on any atom is 0.163 e. The summed E-state index contributed by atoms with van der Waals surface area (Å²) in [4.78, 5) is 11.7. The van der Waals surface area contributed by atoms with E-state index in [-0.39, 0.29) is 0 Å². The van der Waals surface area contributed by atoms with Crippen molar-refractivity contribution in [1.82, 2.24) is 9.97 Å². The highest BCUT2D eigenvalue weighted by molar-refractivity contribution is 7.19. The smallest absolute Gasteiger partial charge is 0.163 e. The molecule has 0 radical (unpaired) electrons. The molecule has 19 heavy (non-hydrogen) atoms. The highest BCUT2D eigenvalue weighted by Gasteiger charge is 2.30. The predicted octanol–water partition coefficient (Wildman–Crippen LogP) is 3.03. The van der Waals surface area contributed by atoms with Gasteiger partial charge in [0.05, 0.1) is 5.39 Å². The van der Waals surface area contributed by atoms with Crippen LogP contribution in [-0.2, 0) is 23.2 Å². The lowest BCUT2D eigenvalue weighted by Gasteiger charge is -2.25. The number of fused-ring (bicyclic) bond motifs is 3. The summed E-state index contributed by atoms with van der Waals surface area (Å²) in [7, 11) is 1.70. The molecule has 2 N–H and O–H groups in total. The summed E-state index contributed by atoms with van der Waals surface area (Å²) in [6.45, 7) is 4.08. The van der Waals surface area contributed by atoms with Gasteiger partial charge in [-0.1, -0.05) is 6.92 Å². The van der Waals surface area contributed by atoms with Crippen LogP contribution in [-0.4, -0.2) is 17.1 Å². The summed E-state index contributed by atoms with van der Waals surface area (Å²) in [6, 6.07) is 0. The van der Waals surface area contributed by atoms with E-state index < -0.39 is 5.60 Å². The van der Waals surface area contributed by atoms with Gasteiger partial charge in [-0.2, -0.15) is 0 Å². The lowest BCUT2D eigenvalue weighted by molar-refractivity contribution is -0.00854. The van der Waals surface area contributed by atoms with Gasteiger partial charge in [0.15, 0.2) is 5.82 Å². The van der Waals surface area contributed by atoms with Crippen molar-refractivity contribution in [1.29, 1.82) is 0 Å². The van der Waals surface area contributed by atoms with Crippen molar-refractivity contribution < 1.29 is 4.74 Å². The number of aryl methyl sites for hydroxylation is 2. The molecule has 1 atom stereocenters. The number of hydrogen-bond donors (Lipinski definition) is 1. The zero-order valence-corrected chi connectivity index (χ0v) is 12.4. The van der Waals surface area contributed by atoms with Crippen molar-refractivity contribution in [3.63, 3.8) is 0 Å². The second-order valence-electron chi connectivity index (χ2n) is 5.26. The van der Waals surface area contributed by atoms with Crippen molar-refractivity contribution in [3.8, 4) is 0 Å². The van der Waals surface area contributed by atoms with Crippen LogP contribution in [0, 0.1) is 0 Å². The number of anilines is 1. The Bertz CT molecular complexity index is 631. The minimum atomic E-state index is -0.462. The normalized spacial score (nSPS) is 17.6. The van der Waals surface area contributed by atoms with Gasteiger partial charge < -0.3 is 10.5 Å². The van der Waals surface area contributed by atoms with Gasteiger partial charge in [-0.3, -0.25) is 0 Å². The number of ether oxygens (including phenoxy) is 1. The molecule has 2 heterocycles. The molecular weight excluding hydrogens is 258 g/mol. The van der Waals surface area contributed by atoms with Crippen molar-refractivity contribution in [2.24, 2.45) is 0 Å². The monoisotopic (exact) mass is 277 g/mol. The van der Waals surface area contributed by atoms with E-state index in [2.05, 4.69) is 11.9 Å². The second kappa shape index (κ2) is 4.42. The molecule has 0 bridgehead atoms. The van der Waals surface area contributed by atoms with Crippen molar-refractivity contribution in [2.75, 3.05) is 12.8 Å². The third-order valence-electron chi connectivity index (χ3n) is 4.19. The molecule has 102 valence electrons. The first-order chi connectivity index (χ1) is 9.09. The largest absolute Gasteiger partial charge is 0.383 e. The maximum absolute atomic E-state index is 6.18. The first kappa shape index (κ1) is 12.8. The Balaban J connectivity index is 2.21. The Morgan fingerprint density at radius 1 is 1.37 bits per heavy atom. The van der Waals surface area contributed by atoms with E-state index in [0.29, 0.717) is 11.6 Å². The third kappa shape index (κ3) is 1.83. The molecule has 0 fully saturated rings. The number of nitrogens with zero attached hydrogens (tertiary/aromatic N) is 2. The number of hydrogen-bond acceptors (Lipinski definition) is 5. The Kier molecular flexibility index (Phi) is 2.98. The van der Waals surface area contributed by atoms with E-state index in [4.69, 9.17) is 15.5 Å². The Labute approximate surface area is 117 Å². The van der Waals surface area contributed by atoms with Crippen LogP contribution >= 0.6 is 11.3 Å². The van der Waals surface area contributed by atoms with E-state index in [1.807, 2.05) is 6.92 Å². The molecule has 2 aromatic rings. The van der Waals surface area contributed by atoms with Crippen LogP contribution in [0.25, 0.3) is 10.2 Å². The standard InChI is InChI=1S/C14H19N3OS/c1-4-14(2,18-3)13-16-11(15)10-8-6-5-7-9(8)19-12(10)17-13/h4-7H2,1-3H3,(H2,15,16,17). The first-order valence-corrected chi connectivity index (χ1v) is 7.54. The summed E-state index contributed by atoms with van der Waals surface area (Å²) < 4.78 is 5.58. The molecule has 0 saturated carbocycles. The van der Waals surface area contributed by atoms with Gasteiger partial charge in [0.1, 0.15) is 16.2 Å². The molecule has 1 unspecified atom stereocenters. The second-order valence-corrected chi connectivity index (χ2v) is 6.34. The Morgan fingerprint density at radius 2 is 2.16 bits per heavy atom. The van der Waals surface area contributed by atoms with E-state index in [0.717, 1.165) is 29.5 Å². The molecule has 0 amide bonds. The fourth-order valence-corrected chi connectivity index (χ4v) is 3.92. The van der Waals surface area contributed by atoms with Crippen LogP contribution in [0.4, 0.5) is 5.82 Å². The number of nitrogen functional groups attached to an aromatic ring is 1. The van der Waals surface area contributed by atoms with Crippen LogP contribution in [0.2, 0.25) is 0 Å². The van der Waals surface area contributed by atoms with Crippen molar-refractivity contribution in [2.45, 2.75) is 45.1 Å². The molecule has 0 aliphatic heterocycles. The lowest BCUT2D eigenvalue weighted by Crippen LogP contribution is -2.26. The fraction of sp³-hybridized carbons (Fsp3) is 0.571. The number of nitrogens with two attached hydrogens (primary N) is 1. The molecule has 0 aromatic carbocycles. The van der Waals surface area contributed by atoms with Crippen molar-refractivity contribution in [3.05, 3.63) is 16.3 Å². The maximum atomic E-state index is 6.18. The highest BCUT2D eigenvalue weighted by Crippen LogP contribution is 2.40. The average Bonchev–Trinajstić information content (AvgIpc) is 2.97. The predicted molar refractivity (Wildman–Crippen MR) is 78.5 cm³/mol. The van der Waals surface area contributed by atoms with Gasteiger partial charge >= 0.3 is 0 Å². The minimum Gasteiger partial charge on any atom is -0.383 e. The summed E-state index contributed by atoms with van der Waals surface area (Å²) in [6.07, 6.45) is 4.31. The van der Waals surface area contributed by atoms with Gasteiger partial charge in [-0.25, -0.2) is 9.97 Å². The van der Waals surface area contributed by atoms with Crippen LogP contribution in [0.3, 0.4) is 0 Å². The SMILES string of the molecule is CCC(C)(OC)c1nc(N)c2c3c(sc2n1)CCC3.